The first-order valence-electron chi connectivity index (χ1n) is 8.82. The Kier molecular flexibility index (Phi) is 5.35. The Hall–Kier alpha value is -2.69. The molecular formula is C21H23FN2O2. The first-order valence-corrected chi connectivity index (χ1v) is 8.82. The molecule has 2 aromatic rings. The van der Waals surface area contributed by atoms with Gasteiger partial charge < -0.3 is 10.2 Å². The van der Waals surface area contributed by atoms with E-state index in [-0.39, 0.29) is 30.0 Å². The number of hydrogen-bond donors (Lipinski definition) is 1. The number of amides is 2. The first kappa shape index (κ1) is 18.1. The van der Waals surface area contributed by atoms with Crippen molar-refractivity contribution in [2.45, 2.75) is 26.7 Å². The summed E-state index contributed by atoms with van der Waals surface area (Å²) in [6, 6.07) is 12.1. The number of likely N-dealkylation sites (tertiary alicyclic amines) is 1. The predicted molar refractivity (Wildman–Crippen MR) is 99.3 cm³/mol. The Morgan fingerprint density at radius 1 is 1.19 bits per heavy atom. The third-order valence-electron chi connectivity index (χ3n) is 4.81. The Labute approximate surface area is 153 Å². The molecule has 1 atom stereocenters. The minimum Gasteiger partial charge on any atom is -0.342 e. The molecule has 1 unspecified atom stereocenters. The van der Waals surface area contributed by atoms with E-state index in [0.29, 0.717) is 19.5 Å². The van der Waals surface area contributed by atoms with E-state index in [1.807, 2.05) is 32.0 Å². The zero-order valence-corrected chi connectivity index (χ0v) is 15.1. The number of aryl methyl sites for hydroxylation is 2. The summed E-state index contributed by atoms with van der Waals surface area (Å²) >= 11 is 0. The highest BCUT2D eigenvalue weighted by Crippen LogP contribution is 2.22. The van der Waals surface area contributed by atoms with E-state index in [1.54, 1.807) is 17.0 Å². The fourth-order valence-electron chi connectivity index (χ4n) is 3.27. The van der Waals surface area contributed by atoms with Gasteiger partial charge in [-0.1, -0.05) is 29.8 Å². The summed E-state index contributed by atoms with van der Waals surface area (Å²) in [5.41, 5.74) is 3.92. The molecule has 136 valence electrons. The average molecular weight is 354 g/mol. The summed E-state index contributed by atoms with van der Waals surface area (Å²) in [6.07, 6.45) is 0.886. The van der Waals surface area contributed by atoms with Crippen molar-refractivity contribution < 1.29 is 14.0 Å². The number of anilines is 1. The van der Waals surface area contributed by atoms with Crippen LogP contribution >= 0.6 is 0 Å². The largest absolute Gasteiger partial charge is 0.342 e. The van der Waals surface area contributed by atoms with E-state index in [1.165, 1.54) is 12.1 Å². The summed E-state index contributed by atoms with van der Waals surface area (Å²) in [7, 11) is 0. The van der Waals surface area contributed by atoms with Gasteiger partial charge >= 0.3 is 0 Å². The van der Waals surface area contributed by atoms with Crippen molar-refractivity contribution >= 4 is 17.5 Å². The average Bonchev–Trinajstić information content (AvgIpc) is 2.98. The number of rotatable bonds is 5. The minimum absolute atomic E-state index is 0.00658. The summed E-state index contributed by atoms with van der Waals surface area (Å²) in [5, 5.41) is 2.94. The molecule has 0 bridgehead atoms. The Bertz CT molecular complexity index is 817. The molecule has 26 heavy (non-hydrogen) atoms. The van der Waals surface area contributed by atoms with Gasteiger partial charge in [0.1, 0.15) is 5.82 Å². The zero-order chi connectivity index (χ0) is 18.7. The Morgan fingerprint density at radius 2 is 1.92 bits per heavy atom. The van der Waals surface area contributed by atoms with Gasteiger partial charge in [0.2, 0.25) is 11.8 Å². The van der Waals surface area contributed by atoms with Crippen molar-refractivity contribution in [3.8, 4) is 0 Å². The fraction of sp³-hybridized carbons (Fsp3) is 0.333. The lowest BCUT2D eigenvalue weighted by Crippen LogP contribution is -2.30. The van der Waals surface area contributed by atoms with Crippen molar-refractivity contribution in [1.29, 1.82) is 0 Å². The van der Waals surface area contributed by atoms with E-state index in [4.69, 9.17) is 0 Å². The highest BCUT2D eigenvalue weighted by Gasteiger charge is 2.34. The molecule has 1 aliphatic heterocycles. The normalized spacial score (nSPS) is 16.8. The maximum atomic E-state index is 13.0. The van der Waals surface area contributed by atoms with Crippen LogP contribution in [-0.4, -0.2) is 29.8 Å². The second kappa shape index (κ2) is 7.68. The van der Waals surface area contributed by atoms with Crippen molar-refractivity contribution in [2.24, 2.45) is 5.92 Å². The topological polar surface area (TPSA) is 49.4 Å². The summed E-state index contributed by atoms with van der Waals surface area (Å²) in [4.78, 5) is 26.5. The van der Waals surface area contributed by atoms with Gasteiger partial charge in [-0.25, -0.2) is 4.39 Å². The molecule has 0 aromatic heterocycles. The lowest BCUT2D eigenvalue weighted by molar-refractivity contribution is -0.128. The van der Waals surface area contributed by atoms with Crippen molar-refractivity contribution in [3.05, 3.63) is 65.0 Å². The van der Waals surface area contributed by atoms with E-state index in [9.17, 15) is 14.0 Å². The van der Waals surface area contributed by atoms with E-state index >= 15 is 0 Å². The van der Waals surface area contributed by atoms with Gasteiger partial charge in [0.05, 0.1) is 5.92 Å². The van der Waals surface area contributed by atoms with Crippen LogP contribution in [-0.2, 0) is 16.0 Å². The molecule has 1 saturated heterocycles. The molecule has 2 aromatic carbocycles. The third kappa shape index (κ3) is 4.28. The lowest BCUT2D eigenvalue weighted by Gasteiger charge is -2.17. The van der Waals surface area contributed by atoms with Crippen LogP contribution in [0.25, 0.3) is 0 Å². The van der Waals surface area contributed by atoms with Gasteiger partial charge in [0, 0.05) is 25.2 Å². The second-order valence-electron chi connectivity index (χ2n) is 6.92. The molecule has 1 heterocycles. The van der Waals surface area contributed by atoms with Crippen molar-refractivity contribution in [3.63, 3.8) is 0 Å². The third-order valence-corrected chi connectivity index (χ3v) is 4.81. The molecule has 0 radical (unpaired) electrons. The molecule has 0 saturated carbocycles. The van der Waals surface area contributed by atoms with Crippen LogP contribution in [0.1, 0.15) is 23.1 Å². The molecule has 0 spiro atoms. The van der Waals surface area contributed by atoms with Crippen molar-refractivity contribution in [1.82, 2.24) is 4.90 Å². The van der Waals surface area contributed by atoms with Crippen LogP contribution in [0.2, 0.25) is 0 Å². The molecular weight excluding hydrogens is 331 g/mol. The van der Waals surface area contributed by atoms with Gasteiger partial charge in [0.25, 0.3) is 0 Å². The standard InChI is InChI=1S/C21H23FN2O2/c1-14-3-8-19(15(2)11-14)23-21(26)17-12-20(25)24(13-17)10-9-16-4-6-18(22)7-5-16/h3-8,11,17H,9-10,12-13H2,1-2H3,(H,23,26). The molecule has 1 N–H and O–H groups in total. The summed E-state index contributed by atoms with van der Waals surface area (Å²) in [6.45, 7) is 4.93. The summed E-state index contributed by atoms with van der Waals surface area (Å²) < 4.78 is 13.0. The molecule has 0 aliphatic carbocycles. The van der Waals surface area contributed by atoms with E-state index < -0.39 is 0 Å². The molecule has 4 nitrogen and oxygen atoms in total. The SMILES string of the molecule is Cc1ccc(NC(=O)C2CC(=O)N(CCc3ccc(F)cc3)C2)c(C)c1. The van der Waals surface area contributed by atoms with Gasteiger partial charge in [-0.15, -0.1) is 0 Å². The van der Waals surface area contributed by atoms with Crippen LogP contribution in [0.15, 0.2) is 42.5 Å². The first-order chi connectivity index (χ1) is 12.4. The quantitative estimate of drug-likeness (QED) is 0.894. The van der Waals surface area contributed by atoms with Crippen molar-refractivity contribution in [2.75, 3.05) is 18.4 Å². The van der Waals surface area contributed by atoms with Gasteiger partial charge in [-0.2, -0.15) is 0 Å². The van der Waals surface area contributed by atoms with Crippen LogP contribution in [0.5, 0.6) is 0 Å². The molecule has 2 amide bonds. The highest BCUT2D eigenvalue weighted by molar-refractivity contribution is 5.97. The maximum absolute atomic E-state index is 13.0. The van der Waals surface area contributed by atoms with Crippen LogP contribution in [0.3, 0.4) is 0 Å². The fourth-order valence-corrected chi connectivity index (χ4v) is 3.27. The van der Waals surface area contributed by atoms with Gasteiger partial charge in [-0.05, 0) is 49.6 Å². The van der Waals surface area contributed by atoms with Crippen LogP contribution in [0, 0.1) is 25.6 Å². The summed E-state index contributed by atoms with van der Waals surface area (Å²) in [5.74, 6) is -0.729. The molecule has 3 rings (SSSR count). The number of carbonyl (C=O) groups excluding carboxylic acids is 2. The van der Waals surface area contributed by atoms with E-state index in [2.05, 4.69) is 5.32 Å². The number of benzene rings is 2. The smallest absolute Gasteiger partial charge is 0.229 e. The van der Waals surface area contributed by atoms with Gasteiger partial charge in [-0.3, -0.25) is 9.59 Å². The number of halogens is 1. The number of nitrogens with one attached hydrogen (secondary N) is 1. The lowest BCUT2D eigenvalue weighted by atomic mass is 10.1. The Balaban J connectivity index is 1.56. The highest BCUT2D eigenvalue weighted by atomic mass is 19.1. The molecule has 1 fully saturated rings. The maximum Gasteiger partial charge on any atom is 0.229 e. The van der Waals surface area contributed by atoms with Gasteiger partial charge in [0.15, 0.2) is 0 Å². The number of carbonyl (C=O) groups is 2. The molecule has 1 aliphatic rings. The molecule has 5 heteroatoms. The monoisotopic (exact) mass is 354 g/mol. The van der Waals surface area contributed by atoms with E-state index in [0.717, 1.165) is 22.4 Å². The van der Waals surface area contributed by atoms with Crippen LogP contribution in [0.4, 0.5) is 10.1 Å². The second-order valence-corrected chi connectivity index (χ2v) is 6.92. The van der Waals surface area contributed by atoms with Crippen LogP contribution < -0.4 is 5.32 Å². The minimum atomic E-state index is -0.337. The number of hydrogen-bond acceptors (Lipinski definition) is 2. The predicted octanol–water partition coefficient (Wildman–Crippen LogP) is 3.47. The number of nitrogens with zero attached hydrogens (tertiary/aromatic N) is 1. The Morgan fingerprint density at radius 3 is 2.62 bits per heavy atom. The zero-order valence-electron chi connectivity index (χ0n) is 15.1.